The van der Waals surface area contributed by atoms with Gasteiger partial charge in [-0.3, -0.25) is 0 Å². The van der Waals surface area contributed by atoms with Gasteiger partial charge in [0, 0.05) is 11.9 Å². The predicted octanol–water partition coefficient (Wildman–Crippen LogP) is 2.54. The van der Waals surface area contributed by atoms with Gasteiger partial charge in [0.15, 0.2) is 5.69 Å². The highest BCUT2D eigenvalue weighted by Gasteiger charge is 2.17. The maximum Gasteiger partial charge on any atom is 0.357 e. The van der Waals surface area contributed by atoms with Gasteiger partial charge < -0.3 is 15.0 Å². The van der Waals surface area contributed by atoms with Gasteiger partial charge in [-0.05, 0) is 32.0 Å². The standard InChI is InChI=1S/C14H16N2O2/c1-3-18-14(17)13-12(15)8-9-16(13)11-6-4-10(2)5-7-11/h4-9H,3,15H2,1-2H3. The molecule has 1 aromatic carbocycles. The lowest BCUT2D eigenvalue weighted by atomic mass is 10.2. The number of nitrogen functional groups attached to an aromatic ring is 1. The van der Waals surface area contributed by atoms with Crippen molar-refractivity contribution in [2.45, 2.75) is 13.8 Å². The number of carbonyl (C=O) groups excluding carboxylic acids is 1. The second kappa shape index (κ2) is 4.96. The molecule has 0 fully saturated rings. The van der Waals surface area contributed by atoms with Gasteiger partial charge in [0.25, 0.3) is 0 Å². The smallest absolute Gasteiger partial charge is 0.357 e. The Morgan fingerprint density at radius 3 is 2.56 bits per heavy atom. The van der Waals surface area contributed by atoms with Crippen LogP contribution in [0.4, 0.5) is 5.69 Å². The average molecular weight is 244 g/mol. The fourth-order valence-electron chi connectivity index (χ4n) is 1.78. The highest BCUT2D eigenvalue weighted by atomic mass is 16.5. The van der Waals surface area contributed by atoms with Crippen molar-refractivity contribution in [3.05, 3.63) is 47.8 Å². The van der Waals surface area contributed by atoms with E-state index in [0.717, 1.165) is 11.3 Å². The molecule has 94 valence electrons. The Hall–Kier alpha value is -2.23. The van der Waals surface area contributed by atoms with Gasteiger partial charge in [-0.15, -0.1) is 0 Å². The quantitative estimate of drug-likeness (QED) is 0.844. The molecule has 0 aliphatic rings. The van der Waals surface area contributed by atoms with Crippen LogP contribution in [-0.2, 0) is 4.74 Å². The third-order valence-electron chi connectivity index (χ3n) is 2.70. The molecule has 4 nitrogen and oxygen atoms in total. The Kier molecular flexibility index (Phi) is 3.37. The summed E-state index contributed by atoms with van der Waals surface area (Å²) in [5.41, 5.74) is 8.67. The van der Waals surface area contributed by atoms with Gasteiger partial charge in [-0.25, -0.2) is 4.79 Å². The van der Waals surface area contributed by atoms with E-state index in [1.165, 1.54) is 0 Å². The fraction of sp³-hybridized carbons (Fsp3) is 0.214. The number of hydrogen-bond donors (Lipinski definition) is 1. The van der Waals surface area contributed by atoms with Crippen LogP contribution in [0.1, 0.15) is 23.0 Å². The Labute approximate surface area is 106 Å². The number of nitrogens with zero attached hydrogens (tertiary/aromatic N) is 1. The number of hydrogen-bond acceptors (Lipinski definition) is 3. The average Bonchev–Trinajstić information content (AvgIpc) is 2.72. The Balaban J connectivity index is 2.45. The number of ether oxygens (including phenoxy) is 1. The molecule has 1 aromatic heterocycles. The Morgan fingerprint density at radius 1 is 1.28 bits per heavy atom. The molecule has 0 radical (unpaired) electrons. The lowest BCUT2D eigenvalue weighted by molar-refractivity contribution is 0.0518. The third kappa shape index (κ3) is 2.22. The molecule has 0 saturated heterocycles. The second-order valence-electron chi connectivity index (χ2n) is 4.05. The molecule has 0 aliphatic carbocycles. The number of anilines is 1. The number of benzene rings is 1. The maximum atomic E-state index is 11.9. The van der Waals surface area contributed by atoms with E-state index >= 15 is 0 Å². The highest BCUT2D eigenvalue weighted by molar-refractivity contribution is 5.94. The third-order valence-corrected chi connectivity index (χ3v) is 2.70. The minimum Gasteiger partial charge on any atom is -0.461 e. The van der Waals surface area contributed by atoms with Gasteiger partial charge in [0.2, 0.25) is 0 Å². The van der Waals surface area contributed by atoms with Crippen LogP contribution < -0.4 is 5.73 Å². The number of rotatable bonds is 3. The Morgan fingerprint density at radius 2 is 1.94 bits per heavy atom. The van der Waals surface area contributed by atoms with Crippen molar-refractivity contribution in [2.24, 2.45) is 0 Å². The summed E-state index contributed by atoms with van der Waals surface area (Å²) in [6.07, 6.45) is 1.77. The van der Waals surface area contributed by atoms with E-state index in [0.29, 0.717) is 18.0 Å². The van der Waals surface area contributed by atoms with Gasteiger partial charge in [0.05, 0.1) is 12.3 Å². The molecule has 18 heavy (non-hydrogen) atoms. The summed E-state index contributed by atoms with van der Waals surface area (Å²) in [7, 11) is 0. The maximum absolute atomic E-state index is 11.9. The molecule has 4 heteroatoms. The van der Waals surface area contributed by atoms with Crippen molar-refractivity contribution < 1.29 is 9.53 Å². The number of aromatic nitrogens is 1. The molecule has 0 saturated carbocycles. The van der Waals surface area contributed by atoms with E-state index in [2.05, 4.69) is 0 Å². The summed E-state index contributed by atoms with van der Waals surface area (Å²) in [6, 6.07) is 9.56. The Bertz CT molecular complexity index is 556. The van der Waals surface area contributed by atoms with Crippen LogP contribution in [0.3, 0.4) is 0 Å². The van der Waals surface area contributed by atoms with E-state index < -0.39 is 5.97 Å². The zero-order valence-electron chi connectivity index (χ0n) is 10.5. The molecule has 1 heterocycles. The fourth-order valence-corrected chi connectivity index (χ4v) is 1.78. The summed E-state index contributed by atoms with van der Waals surface area (Å²) in [6.45, 7) is 4.12. The monoisotopic (exact) mass is 244 g/mol. The van der Waals surface area contributed by atoms with Crippen LogP contribution in [0, 0.1) is 6.92 Å². The zero-order chi connectivity index (χ0) is 13.1. The first-order valence-electron chi connectivity index (χ1n) is 5.84. The van der Waals surface area contributed by atoms with E-state index in [1.807, 2.05) is 31.2 Å². The molecule has 0 spiro atoms. The second-order valence-corrected chi connectivity index (χ2v) is 4.05. The summed E-state index contributed by atoms with van der Waals surface area (Å²) < 4.78 is 6.76. The molecule has 2 aromatic rings. The normalized spacial score (nSPS) is 10.3. The van der Waals surface area contributed by atoms with Crippen LogP contribution in [-0.4, -0.2) is 17.1 Å². The summed E-state index contributed by atoms with van der Waals surface area (Å²) in [5.74, 6) is -0.402. The summed E-state index contributed by atoms with van der Waals surface area (Å²) in [4.78, 5) is 11.9. The van der Waals surface area contributed by atoms with Gasteiger partial charge in [-0.1, -0.05) is 17.7 Å². The first kappa shape index (κ1) is 12.2. The topological polar surface area (TPSA) is 57.2 Å². The van der Waals surface area contributed by atoms with Crippen molar-refractivity contribution in [1.82, 2.24) is 4.57 Å². The number of esters is 1. The van der Waals surface area contributed by atoms with Gasteiger partial charge in [0.1, 0.15) is 0 Å². The van der Waals surface area contributed by atoms with Crippen molar-refractivity contribution in [3.8, 4) is 5.69 Å². The van der Waals surface area contributed by atoms with Crippen molar-refractivity contribution in [1.29, 1.82) is 0 Å². The largest absolute Gasteiger partial charge is 0.461 e. The minimum atomic E-state index is -0.402. The summed E-state index contributed by atoms with van der Waals surface area (Å²) in [5, 5.41) is 0. The van der Waals surface area contributed by atoms with Crippen molar-refractivity contribution >= 4 is 11.7 Å². The zero-order valence-corrected chi connectivity index (χ0v) is 10.5. The lowest BCUT2D eigenvalue weighted by Crippen LogP contribution is -2.12. The molecular weight excluding hydrogens is 228 g/mol. The van der Waals surface area contributed by atoms with E-state index in [1.54, 1.807) is 23.8 Å². The number of nitrogens with two attached hydrogens (primary N) is 1. The van der Waals surface area contributed by atoms with Crippen molar-refractivity contribution in [3.63, 3.8) is 0 Å². The lowest BCUT2D eigenvalue weighted by Gasteiger charge is -2.09. The first-order valence-corrected chi connectivity index (χ1v) is 5.84. The SMILES string of the molecule is CCOC(=O)c1c(N)ccn1-c1ccc(C)cc1. The number of aryl methyl sites for hydroxylation is 1. The van der Waals surface area contributed by atoms with Gasteiger partial charge in [-0.2, -0.15) is 0 Å². The van der Waals surface area contributed by atoms with Crippen molar-refractivity contribution in [2.75, 3.05) is 12.3 Å². The molecule has 0 bridgehead atoms. The molecule has 0 amide bonds. The van der Waals surface area contributed by atoms with E-state index in [4.69, 9.17) is 10.5 Å². The van der Waals surface area contributed by atoms with Gasteiger partial charge >= 0.3 is 5.97 Å². The van der Waals surface area contributed by atoms with Crippen LogP contribution >= 0.6 is 0 Å². The van der Waals surface area contributed by atoms with Crippen LogP contribution in [0.2, 0.25) is 0 Å². The van der Waals surface area contributed by atoms with E-state index in [-0.39, 0.29) is 0 Å². The van der Waals surface area contributed by atoms with Crippen LogP contribution in [0.25, 0.3) is 5.69 Å². The highest BCUT2D eigenvalue weighted by Crippen LogP contribution is 2.20. The summed E-state index contributed by atoms with van der Waals surface area (Å²) >= 11 is 0. The molecular formula is C14H16N2O2. The molecule has 2 N–H and O–H groups in total. The first-order chi connectivity index (χ1) is 8.63. The molecule has 0 unspecified atom stereocenters. The molecule has 0 aliphatic heterocycles. The van der Waals surface area contributed by atoms with Crippen LogP contribution in [0.15, 0.2) is 36.5 Å². The molecule has 0 atom stereocenters. The predicted molar refractivity (Wildman–Crippen MR) is 70.9 cm³/mol. The molecule has 2 rings (SSSR count). The van der Waals surface area contributed by atoms with Crippen LogP contribution in [0.5, 0.6) is 0 Å². The van der Waals surface area contributed by atoms with E-state index in [9.17, 15) is 4.79 Å². The minimum absolute atomic E-state index is 0.331. The number of carbonyl (C=O) groups is 1.